The molecule has 3 heteroatoms. The fraction of sp³-hybridized carbons (Fsp3) is 0.444. The Kier molecular flexibility index (Phi) is 4.61. The lowest BCUT2D eigenvalue weighted by atomic mass is 9.73. The first-order valence-corrected chi connectivity index (χ1v) is 7.47. The minimum absolute atomic E-state index is 0.106. The molecule has 0 bridgehead atoms. The van der Waals surface area contributed by atoms with Crippen LogP contribution < -0.4 is 5.11 Å². The highest BCUT2D eigenvalue weighted by Crippen LogP contribution is 2.35. The molecule has 1 saturated carbocycles. The number of hydrogen-bond acceptors (Lipinski definition) is 3. The lowest BCUT2D eigenvalue weighted by Crippen LogP contribution is -2.30. The highest BCUT2D eigenvalue weighted by atomic mass is 16.4. The van der Waals surface area contributed by atoms with E-state index in [0.717, 1.165) is 24.0 Å². The van der Waals surface area contributed by atoms with Gasteiger partial charge in [0.05, 0.1) is 5.97 Å². The molecule has 21 heavy (non-hydrogen) atoms. The predicted octanol–water partition coefficient (Wildman–Crippen LogP) is 2.70. The molecule has 1 aromatic carbocycles. The van der Waals surface area contributed by atoms with Crippen LogP contribution in [-0.4, -0.2) is 11.8 Å². The first-order valence-electron chi connectivity index (χ1n) is 7.47. The van der Waals surface area contributed by atoms with Gasteiger partial charge in [-0.2, -0.15) is 0 Å². The highest BCUT2D eigenvalue weighted by Gasteiger charge is 2.32. The largest absolute Gasteiger partial charge is 0.545 e. The number of aromatic carboxylic acids is 1. The van der Waals surface area contributed by atoms with Crippen LogP contribution in [0, 0.1) is 17.8 Å². The molecule has 1 aliphatic rings. The number of hydrogen-bond donors (Lipinski definition) is 0. The van der Waals surface area contributed by atoms with E-state index in [9.17, 15) is 14.7 Å². The number of carbonyl (C=O) groups excluding carboxylic acids is 2. The summed E-state index contributed by atoms with van der Waals surface area (Å²) >= 11 is 0. The Balaban J connectivity index is 2.28. The number of carboxylic acids is 1. The van der Waals surface area contributed by atoms with Crippen LogP contribution >= 0.6 is 0 Å². The Hall–Kier alpha value is -1.90. The summed E-state index contributed by atoms with van der Waals surface area (Å²) in [4.78, 5) is 23.3. The van der Waals surface area contributed by atoms with Gasteiger partial charge >= 0.3 is 0 Å². The lowest BCUT2D eigenvalue weighted by molar-refractivity contribution is -0.255. The van der Waals surface area contributed by atoms with Crippen LogP contribution in [0.3, 0.4) is 0 Å². The second kappa shape index (κ2) is 6.25. The predicted molar refractivity (Wildman–Crippen MR) is 80.5 cm³/mol. The van der Waals surface area contributed by atoms with Gasteiger partial charge in [-0.1, -0.05) is 45.0 Å². The van der Waals surface area contributed by atoms with Crippen molar-refractivity contribution in [3.8, 4) is 0 Å². The Morgan fingerprint density at radius 2 is 1.86 bits per heavy atom. The van der Waals surface area contributed by atoms with E-state index in [1.165, 1.54) is 12.1 Å². The maximum absolute atomic E-state index is 12.6. The molecule has 1 aromatic rings. The van der Waals surface area contributed by atoms with Crippen LogP contribution in [-0.2, 0) is 4.79 Å². The number of Topliss-reactive ketones (excluding diaryl/α,β-unsaturated/α-hetero) is 1. The summed E-state index contributed by atoms with van der Waals surface area (Å²) in [5, 5.41) is 10.7. The standard InChI is InChI=1S/C18H22O3/c1-11(2)15-9-4-12(3)16(17(15)19)10-13-5-7-14(8-6-13)18(20)21/h5-8,10-12,15H,4,9H2,1-3H3,(H,20,21)/p-1/t12-,15+/m1/s1. The van der Waals surface area contributed by atoms with Crippen molar-refractivity contribution in [3.05, 3.63) is 41.0 Å². The van der Waals surface area contributed by atoms with Crippen LogP contribution in [0.5, 0.6) is 0 Å². The Labute approximate surface area is 125 Å². The summed E-state index contributed by atoms with van der Waals surface area (Å²) in [6.07, 6.45) is 3.89. The van der Waals surface area contributed by atoms with Crippen LogP contribution in [0.25, 0.3) is 6.08 Å². The van der Waals surface area contributed by atoms with Gasteiger partial charge in [0.2, 0.25) is 0 Å². The molecule has 0 unspecified atom stereocenters. The second-order valence-electron chi connectivity index (χ2n) is 6.20. The number of allylic oxidation sites excluding steroid dienone is 1. The summed E-state index contributed by atoms with van der Waals surface area (Å²) in [5.41, 5.74) is 1.88. The van der Waals surface area contributed by atoms with Gasteiger partial charge < -0.3 is 9.90 Å². The van der Waals surface area contributed by atoms with Gasteiger partial charge in [0, 0.05) is 5.92 Å². The average molecular weight is 285 g/mol. The fourth-order valence-electron chi connectivity index (χ4n) is 2.92. The lowest BCUT2D eigenvalue weighted by Gasteiger charge is -2.30. The molecule has 0 N–H and O–H groups in total. The minimum atomic E-state index is -1.18. The number of benzene rings is 1. The third-order valence-electron chi connectivity index (χ3n) is 4.34. The van der Waals surface area contributed by atoms with E-state index in [1.54, 1.807) is 12.1 Å². The van der Waals surface area contributed by atoms with E-state index in [1.807, 2.05) is 6.08 Å². The van der Waals surface area contributed by atoms with Crippen molar-refractivity contribution in [2.45, 2.75) is 33.6 Å². The van der Waals surface area contributed by atoms with E-state index in [-0.39, 0.29) is 23.2 Å². The highest BCUT2D eigenvalue weighted by molar-refractivity contribution is 6.02. The Bertz CT molecular complexity index is 567. The maximum Gasteiger partial charge on any atom is 0.162 e. The normalized spacial score (nSPS) is 24.6. The summed E-state index contributed by atoms with van der Waals surface area (Å²) in [7, 11) is 0. The van der Waals surface area contributed by atoms with Crippen LogP contribution in [0.2, 0.25) is 0 Å². The third kappa shape index (κ3) is 3.41. The topological polar surface area (TPSA) is 57.2 Å². The Morgan fingerprint density at radius 1 is 1.24 bits per heavy atom. The molecule has 1 aliphatic carbocycles. The number of ketones is 1. The van der Waals surface area contributed by atoms with E-state index < -0.39 is 5.97 Å². The number of rotatable bonds is 3. The van der Waals surface area contributed by atoms with Crippen LogP contribution in [0.4, 0.5) is 0 Å². The first kappa shape index (κ1) is 15.5. The molecule has 0 spiro atoms. The molecule has 1 fully saturated rings. The number of carbonyl (C=O) groups is 2. The van der Waals surface area contributed by atoms with Crippen molar-refractivity contribution in [2.75, 3.05) is 0 Å². The molecule has 0 saturated heterocycles. The van der Waals surface area contributed by atoms with Crippen molar-refractivity contribution in [1.29, 1.82) is 0 Å². The molecular weight excluding hydrogens is 264 g/mol. The van der Waals surface area contributed by atoms with Crippen molar-refractivity contribution >= 4 is 17.8 Å². The first-order chi connectivity index (χ1) is 9.90. The summed E-state index contributed by atoms with van der Waals surface area (Å²) in [5.74, 6) is -0.221. The zero-order valence-electron chi connectivity index (χ0n) is 12.8. The van der Waals surface area contributed by atoms with Gasteiger partial charge in [-0.3, -0.25) is 4.79 Å². The molecule has 3 nitrogen and oxygen atoms in total. The van der Waals surface area contributed by atoms with E-state index in [4.69, 9.17) is 0 Å². The molecule has 0 aromatic heterocycles. The van der Waals surface area contributed by atoms with Crippen molar-refractivity contribution < 1.29 is 14.7 Å². The molecule has 2 rings (SSSR count). The van der Waals surface area contributed by atoms with Crippen LogP contribution in [0.1, 0.15) is 49.5 Å². The van der Waals surface area contributed by atoms with Crippen molar-refractivity contribution in [1.82, 2.24) is 0 Å². The summed E-state index contributed by atoms with van der Waals surface area (Å²) in [6, 6.07) is 6.47. The van der Waals surface area contributed by atoms with Gasteiger partial charge in [-0.05, 0) is 47.5 Å². The van der Waals surface area contributed by atoms with E-state index in [2.05, 4.69) is 20.8 Å². The van der Waals surface area contributed by atoms with E-state index in [0.29, 0.717) is 5.92 Å². The van der Waals surface area contributed by atoms with Crippen LogP contribution in [0.15, 0.2) is 29.8 Å². The summed E-state index contributed by atoms with van der Waals surface area (Å²) in [6.45, 7) is 6.26. The second-order valence-corrected chi connectivity index (χ2v) is 6.20. The molecule has 0 heterocycles. The van der Waals surface area contributed by atoms with Gasteiger partial charge in [-0.15, -0.1) is 0 Å². The quantitative estimate of drug-likeness (QED) is 0.802. The van der Waals surface area contributed by atoms with Gasteiger partial charge in [-0.25, -0.2) is 0 Å². The van der Waals surface area contributed by atoms with Crippen molar-refractivity contribution in [3.63, 3.8) is 0 Å². The monoisotopic (exact) mass is 285 g/mol. The van der Waals surface area contributed by atoms with E-state index >= 15 is 0 Å². The molecule has 0 radical (unpaired) electrons. The molecule has 2 atom stereocenters. The smallest absolute Gasteiger partial charge is 0.162 e. The van der Waals surface area contributed by atoms with Gasteiger partial charge in [0.1, 0.15) is 0 Å². The fourth-order valence-corrected chi connectivity index (χ4v) is 2.92. The SMILES string of the molecule is CC(C)[C@@H]1CC[C@@H](C)C(=Cc2ccc(C(=O)[O-])cc2)C1=O. The molecule has 0 amide bonds. The average Bonchev–Trinajstić information content (AvgIpc) is 2.43. The Morgan fingerprint density at radius 3 is 2.38 bits per heavy atom. The zero-order chi connectivity index (χ0) is 15.6. The van der Waals surface area contributed by atoms with Gasteiger partial charge in [0.25, 0.3) is 0 Å². The zero-order valence-corrected chi connectivity index (χ0v) is 12.8. The molecular formula is C18H21O3-. The minimum Gasteiger partial charge on any atom is -0.545 e. The number of carboxylic acid groups (broad SMARTS) is 1. The summed E-state index contributed by atoms with van der Waals surface area (Å²) < 4.78 is 0. The van der Waals surface area contributed by atoms with Gasteiger partial charge in [0.15, 0.2) is 5.78 Å². The maximum atomic E-state index is 12.6. The molecule has 112 valence electrons. The molecule has 0 aliphatic heterocycles. The third-order valence-corrected chi connectivity index (χ3v) is 4.34. The van der Waals surface area contributed by atoms with Crippen molar-refractivity contribution in [2.24, 2.45) is 17.8 Å².